The number of hydrogen-bond acceptors (Lipinski definition) is 6. The van der Waals surface area contributed by atoms with Gasteiger partial charge in [0.25, 0.3) is 0 Å². The molecule has 1 atom stereocenters. The van der Waals surface area contributed by atoms with E-state index in [2.05, 4.69) is 14.8 Å². The topological polar surface area (TPSA) is 71.7 Å². The van der Waals surface area contributed by atoms with Crippen LogP contribution in [0.15, 0.2) is 18.3 Å². The van der Waals surface area contributed by atoms with Crippen LogP contribution in [0.1, 0.15) is 44.9 Å². The van der Waals surface area contributed by atoms with E-state index in [0.29, 0.717) is 0 Å². The lowest BCUT2D eigenvalue weighted by molar-refractivity contribution is -0.150. The largest absolute Gasteiger partial charge is 0.462 e. The molecule has 1 aromatic rings. The van der Waals surface area contributed by atoms with Crippen molar-refractivity contribution in [2.24, 2.45) is 5.41 Å². The van der Waals surface area contributed by atoms with Crippen molar-refractivity contribution in [3.8, 4) is 0 Å². The number of nitrogen functional groups attached to an aromatic ring is 1. The van der Waals surface area contributed by atoms with Crippen LogP contribution in [0.3, 0.4) is 0 Å². The Balaban J connectivity index is 1.24. The van der Waals surface area contributed by atoms with Gasteiger partial charge >= 0.3 is 5.97 Å². The number of piperazine rings is 1. The van der Waals surface area contributed by atoms with E-state index in [1.807, 2.05) is 12.1 Å². The van der Waals surface area contributed by atoms with Crippen LogP contribution in [-0.4, -0.2) is 54.7 Å². The summed E-state index contributed by atoms with van der Waals surface area (Å²) in [5.74, 6) is 1.05. The molecule has 2 N–H and O–H groups in total. The van der Waals surface area contributed by atoms with Crippen molar-refractivity contribution >= 4 is 17.5 Å². The Morgan fingerprint density at radius 2 is 1.96 bits per heavy atom. The Morgan fingerprint density at radius 1 is 1.19 bits per heavy atom. The van der Waals surface area contributed by atoms with Crippen LogP contribution < -0.4 is 10.6 Å². The first-order valence-electron chi connectivity index (χ1n) is 10.0. The number of hydrogen-bond donors (Lipinski definition) is 1. The minimum absolute atomic E-state index is 0.0831. The molecular weight excluding hydrogens is 328 g/mol. The molecule has 2 aliphatic heterocycles. The molecule has 0 radical (unpaired) electrons. The maximum atomic E-state index is 12.4. The molecule has 0 amide bonds. The number of rotatable bonds is 4. The van der Waals surface area contributed by atoms with Gasteiger partial charge in [0.1, 0.15) is 11.9 Å². The van der Waals surface area contributed by atoms with Gasteiger partial charge in [0, 0.05) is 57.1 Å². The van der Waals surface area contributed by atoms with E-state index in [1.165, 1.54) is 19.3 Å². The van der Waals surface area contributed by atoms with Gasteiger partial charge in [0.05, 0.1) is 5.41 Å². The maximum Gasteiger partial charge on any atom is 0.312 e. The number of anilines is 2. The fourth-order valence-corrected chi connectivity index (χ4v) is 4.77. The van der Waals surface area contributed by atoms with Crippen molar-refractivity contribution in [1.82, 2.24) is 9.88 Å². The molecule has 142 valence electrons. The van der Waals surface area contributed by atoms with Crippen LogP contribution in [-0.2, 0) is 9.53 Å². The predicted molar refractivity (Wildman–Crippen MR) is 102 cm³/mol. The first kappa shape index (κ1) is 17.6. The Morgan fingerprint density at radius 3 is 2.69 bits per heavy atom. The fourth-order valence-electron chi connectivity index (χ4n) is 4.77. The van der Waals surface area contributed by atoms with Gasteiger partial charge in [-0.1, -0.05) is 19.3 Å². The van der Waals surface area contributed by atoms with Gasteiger partial charge < -0.3 is 15.4 Å². The van der Waals surface area contributed by atoms with E-state index in [1.54, 1.807) is 6.20 Å². The molecule has 0 bridgehead atoms. The van der Waals surface area contributed by atoms with Crippen molar-refractivity contribution in [1.29, 1.82) is 0 Å². The summed E-state index contributed by atoms with van der Waals surface area (Å²) in [6, 6.07) is 3.76. The highest BCUT2D eigenvalue weighted by Crippen LogP contribution is 2.46. The first-order valence-corrected chi connectivity index (χ1v) is 10.0. The van der Waals surface area contributed by atoms with E-state index >= 15 is 0 Å². The number of esters is 1. The Hall–Kier alpha value is -1.82. The molecule has 1 saturated carbocycles. The van der Waals surface area contributed by atoms with Crippen LogP contribution in [0.5, 0.6) is 0 Å². The van der Waals surface area contributed by atoms with Gasteiger partial charge in [-0.15, -0.1) is 0 Å². The molecule has 4 rings (SSSR count). The summed E-state index contributed by atoms with van der Waals surface area (Å²) in [5, 5.41) is 0. The Labute approximate surface area is 155 Å². The molecule has 1 spiro atoms. The molecule has 3 aliphatic rings. The number of carbonyl (C=O) groups excluding carboxylic acids is 1. The standard InChI is InChI=1S/C20H30N4O2/c21-16-4-8-22-18(14-16)24-12-10-23(11-13-24)9-5-17-15-20(19(25)26-17)6-2-1-3-7-20/h4,8,14,17H,1-3,5-7,9-13,15H2,(H2,21,22). The summed E-state index contributed by atoms with van der Waals surface area (Å²) in [5.41, 5.74) is 6.48. The second-order valence-corrected chi connectivity index (χ2v) is 8.14. The number of pyridine rings is 1. The molecular formula is C20H30N4O2. The van der Waals surface area contributed by atoms with Crippen LogP contribution in [0.25, 0.3) is 0 Å². The Kier molecular flexibility index (Phi) is 5.02. The van der Waals surface area contributed by atoms with E-state index in [-0.39, 0.29) is 17.5 Å². The number of aromatic nitrogens is 1. The number of cyclic esters (lactones) is 1. The highest BCUT2D eigenvalue weighted by Gasteiger charge is 2.48. The van der Waals surface area contributed by atoms with Crippen LogP contribution in [0.2, 0.25) is 0 Å². The van der Waals surface area contributed by atoms with Gasteiger partial charge in [-0.25, -0.2) is 4.98 Å². The zero-order valence-electron chi connectivity index (χ0n) is 15.5. The molecule has 3 fully saturated rings. The number of nitrogens with two attached hydrogens (primary N) is 1. The SMILES string of the molecule is Nc1ccnc(N2CCN(CCC3CC4(CCCCC4)C(=O)O3)CC2)c1. The summed E-state index contributed by atoms with van der Waals surface area (Å²) in [6.45, 7) is 4.96. The molecule has 2 saturated heterocycles. The highest BCUT2D eigenvalue weighted by atomic mass is 16.6. The van der Waals surface area contributed by atoms with E-state index in [0.717, 1.165) is 69.9 Å². The molecule has 0 aromatic carbocycles. The molecule has 3 heterocycles. The highest BCUT2D eigenvalue weighted by molar-refractivity contribution is 5.79. The van der Waals surface area contributed by atoms with E-state index in [4.69, 9.17) is 10.5 Å². The third kappa shape index (κ3) is 3.65. The van der Waals surface area contributed by atoms with E-state index in [9.17, 15) is 4.79 Å². The summed E-state index contributed by atoms with van der Waals surface area (Å²) < 4.78 is 5.75. The number of carbonyl (C=O) groups is 1. The van der Waals surface area contributed by atoms with Gasteiger partial charge in [0.15, 0.2) is 0 Å². The first-order chi connectivity index (χ1) is 12.6. The molecule has 1 aliphatic carbocycles. The molecule has 1 unspecified atom stereocenters. The van der Waals surface area contributed by atoms with Crippen molar-refractivity contribution < 1.29 is 9.53 Å². The van der Waals surface area contributed by atoms with Gasteiger partial charge in [-0.3, -0.25) is 9.69 Å². The summed E-state index contributed by atoms with van der Waals surface area (Å²) in [4.78, 5) is 21.6. The number of nitrogens with zero attached hydrogens (tertiary/aromatic N) is 3. The minimum atomic E-state index is -0.138. The smallest absolute Gasteiger partial charge is 0.312 e. The van der Waals surface area contributed by atoms with Crippen molar-refractivity contribution in [3.63, 3.8) is 0 Å². The lowest BCUT2D eigenvalue weighted by Crippen LogP contribution is -2.47. The minimum Gasteiger partial charge on any atom is -0.462 e. The van der Waals surface area contributed by atoms with E-state index < -0.39 is 0 Å². The second kappa shape index (κ2) is 7.43. The second-order valence-electron chi connectivity index (χ2n) is 8.14. The fraction of sp³-hybridized carbons (Fsp3) is 0.700. The average Bonchev–Trinajstić information content (AvgIpc) is 2.96. The third-order valence-corrected chi connectivity index (χ3v) is 6.37. The van der Waals surface area contributed by atoms with Crippen LogP contribution >= 0.6 is 0 Å². The number of ether oxygens (including phenoxy) is 1. The quantitative estimate of drug-likeness (QED) is 0.834. The van der Waals surface area contributed by atoms with Gasteiger partial charge in [-0.05, 0) is 25.3 Å². The summed E-state index contributed by atoms with van der Waals surface area (Å²) >= 11 is 0. The van der Waals surface area contributed by atoms with Crippen LogP contribution in [0, 0.1) is 5.41 Å². The molecule has 1 aromatic heterocycles. The van der Waals surface area contributed by atoms with Crippen molar-refractivity contribution in [2.75, 3.05) is 43.4 Å². The predicted octanol–water partition coefficient (Wildman–Crippen LogP) is 2.44. The maximum absolute atomic E-state index is 12.4. The lowest BCUT2D eigenvalue weighted by atomic mass is 9.72. The molecule has 6 heteroatoms. The van der Waals surface area contributed by atoms with Crippen molar-refractivity contribution in [3.05, 3.63) is 18.3 Å². The van der Waals surface area contributed by atoms with Crippen molar-refractivity contribution in [2.45, 2.75) is 51.0 Å². The zero-order chi connectivity index (χ0) is 18.0. The lowest BCUT2D eigenvalue weighted by Gasteiger charge is -2.35. The summed E-state index contributed by atoms with van der Waals surface area (Å²) in [6.07, 6.45) is 9.50. The van der Waals surface area contributed by atoms with Gasteiger partial charge in [-0.2, -0.15) is 0 Å². The normalized spacial score (nSPS) is 26.2. The monoisotopic (exact) mass is 358 g/mol. The zero-order valence-corrected chi connectivity index (χ0v) is 15.5. The Bertz CT molecular complexity index is 636. The summed E-state index contributed by atoms with van der Waals surface area (Å²) in [7, 11) is 0. The van der Waals surface area contributed by atoms with Crippen LogP contribution in [0.4, 0.5) is 11.5 Å². The van der Waals surface area contributed by atoms with Gasteiger partial charge in [0.2, 0.25) is 0 Å². The third-order valence-electron chi connectivity index (χ3n) is 6.37. The average molecular weight is 358 g/mol. The molecule has 26 heavy (non-hydrogen) atoms. The molecule has 6 nitrogen and oxygen atoms in total.